The second-order valence-corrected chi connectivity index (χ2v) is 6.93. The first-order valence-electron chi connectivity index (χ1n) is 10.9. The summed E-state index contributed by atoms with van der Waals surface area (Å²) < 4.78 is 21.5. The Morgan fingerprint density at radius 3 is 1.44 bits per heavy atom. The Balaban J connectivity index is 2.99. The van der Waals surface area contributed by atoms with E-state index in [4.69, 9.17) is 29.2 Å². The van der Waals surface area contributed by atoms with Crippen molar-refractivity contribution in [2.75, 3.05) is 59.5 Å². The molecule has 2 N–H and O–H groups in total. The van der Waals surface area contributed by atoms with Crippen LogP contribution in [0.2, 0.25) is 0 Å². The molecule has 0 aromatic heterocycles. The third-order valence-corrected chi connectivity index (χ3v) is 4.28. The van der Waals surface area contributed by atoms with E-state index in [2.05, 4.69) is 6.92 Å². The van der Waals surface area contributed by atoms with E-state index in [1.54, 1.807) is 0 Å². The molecule has 0 spiro atoms. The fourth-order valence-corrected chi connectivity index (χ4v) is 2.62. The van der Waals surface area contributed by atoms with E-state index in [1.807, 2.05) is 0 Å². The largest absolute Gasteiger partial charge is 0.394 e. The first-order chi connectivity index (χ1) is 13.3. The van der Waals surface area contributed by atoms with Gasteiger partial charge in [0.05, 0.1) is 52.9 Å². The van der Waals surface area contributed by atoms with E-state index in [0.29, 0.717) is 39.6 Å². The lowest BCUT2D eigenvalue weighted by Crippen LogP contribution is -2.21. The molecule has 0 saturated heterocycles. The van der Waals surface area contributed by atoms with Crippen LogP contribution < -0.4 is 0 Å². The van der Waals surface area contributed by atoms with Crippen molar-refractivity contribution < 1.29 is 29.2 Å². The smallest absolute Gasteiger partial charge is 0.100 e. The fraction of sp³-hybridized carbons (Fsp3) is 1.00. The van der Waals surface area contributed by atoms with E-state index in [1.165, 1.54) is 57.8 Å². The van der Waals surface area contributed by atoms with Gasteiger partial charge in [0.1, 0.15) is 6.10 Å². The monoisotopic (exact) mass is 392 g/mol. The third-order valence-electron chi connectivity index (χ3n) is 4.28. The number of aliphatic hydroxyl groups excluding tert-OH is 2. The first kappa shape index (κ1) is 26.8. The molecule has 0 aliphatic rings. The van der Waals surface area contributed by atoms with E-state index >= 15 is 0 Å². The van der Waals surface area contributed by atoms with Gasteiger partial charge in [-0.2, -0.15) is 0 Å². The van der Waals surface area contributed by atoms with Gasteiger partial charge < -0.3 is 29.2 Å². The Kier molecular flexibility index (Phi) is 23.6. The van der Waals surface area contributed by atoms with Gasteiger partial charge in [-0.15, -0.1) is 0 Å². The minimum atomic E-state index is -0.811. The van der Waals surface area contributed by atoms with Crippen LogP contribution >= 0.6 is 0 Å². The normalized spacial score (nSPS) is 12.6. The molecule has 0 rings (SSSR count). The predicted octanol–water partition coefficient (Wildman–Crippen LogP) is 3.33. The molecule has 6 heteroatoms. The summed E-state index contributed by atoms with van der Waals surface area (Å²) >= 11 is 0. The molecule has 27 heavy (non-hydrogen) atoms. The summed E-state index contributed by atoms with van der Waals surface area (Å²) in [5, 5.41) is 17.7. The van der Waals surface area contributed by atoms with E-state index in [-0.39, 0.29) is 13.2 Å². The molecule has 0 bridgehead atoms. The zero-order valence-corrected chi connectivity index (χ0v) is 17.5. The minimum absolute atomic E-state index is 0.132. The van der Waals surface area contributed by atoms with E-state index in [9.17, 15) is 0 Å². The molecule has 0 saturated carbocycles. The van der Waals surface area contributed by atoms with Crippen LogP contribution in [0.3, 0.4) is 0 Å². The van der Waals surface area contributed by atoms with Gasteiger partial charge in [-0.1, -0.05) is 64.7 Å². The summed E-state index contributed by atoms with van der Waals surface area (Å²) in [6, 6.07) is 0. The molecule has 0 aromatic carbocycles. The van der Waals surface area contributed by atoms with Gasteiger partial charge in [0, 0.05) is 6.61 Å². The maximum absolute atomic E-state index is 9.07. The Morgan fingerprint density at radius 2 is 0.963 bits per heavy atom. The van der Waals surface area contributed by atoms with Gasteiger partial charge >= 0.3 is 0 Å². The van der Waals surface area contributed by atoms with Crippen molar-refractivity contribution in [3.63, 3.8) is 0 Å². The summed E-state index contributed by atoms with van der Waals surface area (Å²) in [5.74, 6) is 0. The van der Waals surface area contributed by atoms with Crippen LogP contribution in [0.4, 0.5) is 0 Å². The lowest BCUT2D eigenvalue weighted by Gasteiger charge is -2.09. The van der Waals surface area contributed by atoms with Crippen molar-refractivity contribution in [3.8, 4) is 0 Å². The van der Waals surface area contributed by atoms with Gasteiger partial charge in [0.15, 0.2) is 0 Å². The second kappa shape index (κ2) is 23.8. The summed E-state index contributed by atoms with van der Waals surface area (Å²) in [7, 11) is 0. The van der Waals surface area contributed by atoms with Gasteiger partial charge in [-0.25, -0.2) is 0 Å². The zero-order valence-electron chi connectivity index (χ0n) is 17.5. The van der Waals surface area contributed by atoms with Crippen molar-refractivity contribution in [1.29, 1.82) is 0 Å². The molecule has 0 aromatic rings. The maximum atomic E-state index is 9.07. The van der Waals surface area contributed by atoms with Crippen molar-refractivity contribution in [2.45, 2.75) is 77.2 Å². The van der Waals surface area contributed by atoms with Crippen LogP contribution in [-0.2, 0) is 18.9 Å². The highest BCUT2D eigenvalue weighted by atomic mass is 16.6. The fourth-order valence-electron chi connectivity index (χ4n) is 2.62. The Hall–Kier alpha value is -0.240. The highest BCUT2D eigenvalue weighted by Gasteiger charge is 2.00. The van der Waals surface area contributed by atoms with Crippen LogP contribution in [0.5, 0.6) is 0 Å². The van der Waals surface area contributed by atoms with Crippen molar-refractivity contribution in [2.24, 2.45) is 0 Å². The second-order valence-electron chi connectivity index (χ2n) is 6.93. The Morgan fingerprint density at radius 1 is 0.556 bits per heavy atom. The van der Waals surface area contributed by atoms with Crippen LogP contribution in [0.1, 0.15) is 71.1 Å². The van der Waals surface area contributed by atoms with Crippen molar-refractivity contribution >= 4 is 0 Å². The summed E-state index contributed by atoms with van der Waals surface area (Å²) in [6.07, 6.45) is 12.6. The third kappa shape index (κ3) is 23.7. The molecule has 0 aliphatic heterocycles. The van der Waals surface area contributed by atoms with Crippen molar-refractivity contribution in [3.05, 3.63) is 0 Å². The zero-order chi connectivity index (χ0) is 19.8. The standard InChI is InChI=1S/C21H44O6/c1-2-3-4-5-6-7-8-9-10-11-12-24-13-14-25-15-16-26-17-18-27-20-21(23)19-22/h21-23H,2-20H2,1H3. The minimum Gasteiger partial charge on any atom is -0.394 e. The predicted molar refractivity (Wildman–Crippen MR) is 108 cm³/mol. The lowest BCUT2D eigenvalue weighted by molar-refractivity contribution is -0.0267. The summed E-state index contributed by atoms with van der Waals surface area (Å²) in [5.41, 5.74) is 0. The average Bonchev–Trinajstić information content (AvgIpc) is 2.68. The van der Waals surface area contributed by atoms with Crippen LogP contribution in [-0.4, -0.2) is 75.8 Å². The molecule has 0 amide bonds. The molecule has 0 aliphatic carbocycles. The number of rotatable bonds is 23. The highest BCUT2D eigenvalue weighted by Crippen LogP contribution is 2.10. The Labute approximate surface area is 166 Å². The number of unbranched alkanes of at least 4 members (excludes halogenated alkanes) is 9. The quantitative estimate of drug-likeness (QED) is 0.260. The molecule has 0 heterocycles. The molecule has 0 fully saturated rings. The SMILES string of the molecule is CCCCCCCCCCCCOCCOCCOCCOCC(O)CO. The van der Waals surface area contributed by atoms with Gasteiger partial charge in [0.25, 0.3) is 0 Å². The molecule has 164 valence electrons. The number of ether oxygens (including phenoxy) is 4. The summed E-state index contributed by atoms with van der Waals surface area (Å²) in [6.45, 7) is 6.09. The van der Waals surface area contributed by atoms with E-state index in [0.717, 1.165) is 13.0 Å². The topological polar surface area (TPSA) is 77.4 Å². The van der Waals surface area contributed by atoms with Gasteiger partial charge in [0.2, 0.25) is 0 Å². The van der Waals surface area contributed by atoms with Crippen LogP contribution in [0.25, 0.3) is 0 Å². The van der Waals surface area contributed by atoms with Crippen LogP contribution in [0, 0.1) is 0 Å². The van der Waals surface area contributed by atoms with Crippen molar-refractivity contribution in [1.82, 2.24) is 0 Å². The Bertz CT molecular complexity index is 265. The molecule has 0 radical (unpaired) electrons. The number of hydrogen-bond donors (Lipinski definition) is 2. The van der Waals surface area contributed by atoms with E-state index < -0.39 is 6.10 Å². The first-order valence-corrected chi connectivity index (χ1v) is 10.9. The maximum Gasteiger partial charge on any atom is 0.100 e. The number of aliphatic hydroxyl groups is 2. The molecule has 1 atom stereocenters. The van der Waals surface area contributed by atoms with Gasteiger partial charge in [-0.3, -0.25) is 0 Å². The number of hydrogen-bond acceptors (Lipinski definition) is 6. The summed E-state index contributed by atoms with van der Waals surface area (Å²) in [4.78, 5) is 0. The highest BCUT2D eigenvalue weighted by molar-refractivity contribution is 4.49. The van der Waals surface area contributed by atoms with Gasteiger partial charge in [-0.05, 0) is 6.42 Å². The molecule has 6 nitrogen and oxygen atoms in total. The molecule has 1 unspecified atom stereocenters. The van der Waals surface area contributed by atoms with Crippen LogP contribution in [0.15, 0.2) is 0 Å². The lowest BCUT2D eigenvalue weighted by atomic mass is 10.1. The molecular weight excluding hydrogens is 348 g/mol. The average molecular weight is 393 g/mol. The molecular formula is C21H44O6.